The van der Waals surface area contributed by atoms with Gasteiger partial charge in [0.1, 0.15) is 0 Å². The Balaban J connectivity index is 0. The van der Waals surface area contributed by atoms with E-state index < -0.39 is 19.0 Å². The van der Waals surface area contributed by atoms with E-state index in [0.717, 1.165) is 57.8 Å². The van der Waals surface area contributed by atoms with Crippen LogP contribution in [0.25, 0.3) is 0 Å². The first-order valence-corrected chi connectivity index (χ1v) is 14.7. The summed E-state index contributed by atoms with van der Waals surface area (Å²) in [5.74, 6) is 0. The van der Waals surface area contributed by atoms with E-state index in [4.69, 9.17) is 36.8 Å². The largest absolute Gasteiger partial charge is 1.00 e. The van der Waals surface area contributed by atoms with Gasteiger partial charge in [-0.25, -0.2) is 0 Å². The van der Waals surface area contributed by atoms with E-state index in [1.807, 2.05) is 6.92 Å². The van der Waals surface area contributed by atoms with E-state index in [2.05, 4.69) is 13.8 Å². The Morgan fingerprint density at radius 1 is 0.667 bits per heavy atom. The molecule has 0 aliphatic carbocycles. The number of rotatable bonds is 20. The molecule has 0 saturated heterocycles. The summed E-state index contributed by atoms with van der Waals surface area (Å²) >= 11 is 12.2. The average Bonchev–Trinajstić information content (AvgIpc) is 2.67. The van der Waals surface area contributed by atoms with Gasteiger partial charge in [-0.1, -0.05) is 102 Å². The van der Waals surface area contributed by atoms with Crippen molar-refractivity contribution < 1.29 is 57.2 Å². The molecule has 0 radical (unpaired) electrons. The van der Waals surface area contributed by atoms with Crippen LogP contribution in [0.3, 0.4) is 0 Å². The first-order valence-electron chi connectivity index (χ1n) is 10.9. The zero-order valence-corrected chi connectivity index (χ0v) is 24.5. The summed E-state index contributed by atoms with van der Waals surface area (Å²) in [7, 11) is -9.29. The fourth-order valence-electron chi connectivity index (χ4n) is 2.56. The second-order valence-corrected chi connectivity index (χ2v) is 14.0. The molecule has 0 fully saturated rings. The SMILES string of the molecule is CCCCCCOP(=O)([O-])C(Cl)(Cl)P(=O)(OCCCCCC)OCCCCCC.[Na+]. The average molecular weight is 519 g/mol. The first-order chi connectivity index (χ1) is 13.7. The number of unbranched alkanes of at least 4 members (excludes halogenated alkanes) is 9. The van der Waals surface area contributed by atoms with E-state index in [1.54, 1.807) is 0 Å². The van der Waals surface area contributed by atoms with Gasteiger partial charge in [-0.3, -0.25) is 4.57 Å². The summed E-state index contributed by atoms with van der Waals surface area (Å²) in [6.07, 6.45) is 10.4. The molecule has 0 amide bonds. The Kier molecular flexibility index (Phi) is 21.8. The van der Waals surface area contributed by atoms with E-state index in [-0.39, 0.29) is 49.4 Å². The molecule has 1 unspecified atom stereocenters. The molecule has 176 valence electrons. The molecule has 0 spiro atoms. The van der Waals surface area contributed by atoms with Crippen molar-refractivity contribution in [3.05, 3.63) is 0 Å². The van der Waals surface area contributed by atoms with Gasteiger partial charge in [0.2, 0.25) is 0 Å². The van der Waals surface area contributed by atoms with Crippen molar-refractivity contribution in [1.29, 1.82) is 0 Å². The van der Waals surface area contributed by atoms with Gasteiger partial charge >= 0.3 is 37.2 Å². The Hall–Kier alpha value is 1.88. The molecule has 0 aromatic rings. The summed E-state index contributed by atoms with van der Waals surface area (Å²) in [5, 5.41) is 0. The minimum atomic E-state index is -4.92. The van der Waals surface area contributed by atoms with Crippen LogP contribution in [0.5, 0.6) is 0 Å². The second kappa shape index (κ2) is 19.2. The van der Waals surface area contributed by atoms with Crippen LogP contribution in [0.15, 0.2) is 0 Å². The van der Waals surface area contributed by atoms with Crippen molar-refractivity contribution in [2.24, 2.45) is 0 Å². The van der Waals surface area contributed by atoms with Crippen molar-refractivity contribution in [3.8, 4) is 0 Å². The molecule has 30 heavy (non-hydrogen) atoms. The minimum Gasteiger partial charge on any atom is -0.776 e. The smallest absolute Gasteiger partial charge is 0.776 e. The van der Waals surface area contributed by atoms with Gasteiger partial charge in [0.05, 0.1) is 19.8 Å². The van der Waals surface area contributed by atoms with E-state index in [9.17, 15) is 14.0 Å². The number of hydrogen-bond acceptors (Lipinski definition) is 6. The maximum absolute atomic E-state index is 13.3. The molecule has 0 N–H and O–H groups in total. The molecule has 1 atom stereocenters. The van der Waals surface area contributed by atoms with Crippen molar-refractivity contribution in [2.75, 3.05) is 19.8 Å². The van der Waals surface area contributed by atoms with Gasteiger partial charge in [-0.15, -0.1) is 0 Å². The molecule has 0 bridgehead atoms. The van der Waals surface area contributed by atoms with Gasteiger partial charge in [0, 0.05) is 0 Å². The second-order valence-electron chi connectivity index (χ2n) is 7.19. The van der Waals surface area contributed by atoms with Crippen LogP contribution in [0.1, 0.15) is 97.8 Å². The quantitative estimate of drug-likeness (QED) is 0.101. The van der Waals surface area contributed by atoms with Crippen molar-refractivity contribution in [3.63, 3.8) is 0 Å². The maximum Gasteiger partial charge on any atom is 1.00 e. The standard InChI is InChI=1S/C19H40Cl2O6P2.Na/c1-4-7-10-13-16-25-28(22,23)19(20,21)29(24,26-17-14-11-8-5-2)27-18-15-12-9-6-3;/h4-18H2,1-3H3,(H,22,23);/q;+1/p-1. The number of hydrogen-bond donors (Lipinski definition) is 0. The fourth-order valence-corrected chi connectivity index (χ4v) is 6.81. The molecule has 0 aliphatic heterocycles. The third-order valence-electron chi connectivity index (χ3n) is 4.44. The molecule has 6 nitrogen and oxygen atoms in total. The Morgan fingerprint density at radius 3 is 1.33 bits per heavy atom. The molecular formula is C19H39Cl2NaO6P2. The maximum atomic E-state index is 13.3. The normalized spacial score (nSPS) is 14.3. The monoisotopic (exact) mass is 518 g/mol. The summed E-state index contributed by atoms with van der Waals surface area (Å²) in [6, 6.07) is 0. The van der Waals surface area contributed by atoms with Gasteiger partial charge in [0.15, 0.2) is 7.60 Å². The van der Waals surface area contributed by atoms with Crippen molar-refractivity contribution in [1.82, 2.24) is 0 Å². The summed E-state index contributed by atoms with van der Waals surface area (Å²) < 4.78 is 38.9. The first kappa shape index (κ1) is 34.0. The van der Waals surface area contributed by atoms with Gasteiger partial charge in [-0.05, 0) is 19.3 Å². The van der Waals surface area contributed by atoms with Gasteiger partial charge in [0.25, 0.3) is 3.82 Å². The Bertz CT molecular complexity index is 493. The Labute approximate surface area is 215 Å². The molecule has 11 heteroatoms. The molecule has 0 heterocycles. The van der Waals surface area contributed by atoms with Crippen LogP contribution < -0.4 is 34.5 Å². The zero-order chi connectivity index (χ0) is 22.2. The molecule has 0 aromatic carbocycles. The zero-order valence-electron chi connectivity index (χ0n) is 19.2. The predicted octanol–water partition coefficient (Wildman–Crippen LogP) is 4.62. The summed E-state index contributed by atoms with van der Waals surface area (Å²) in [6.45, 7) is 6.25. The number of alkyl halides is 2. The molecule has 0 aliphatic rings. The van der Waals surface area contributed by atoms with Crippen LogP contribution in [0.4, 0.5) is 0 Å². The summed E-state index contributed by atoms with van der Waals surface area (Å²) in [5.41, 5.74) is 0. The summed E-state index contributed by atoms with van der Waals surface area (Å²) in [4.78, 5) is 12.6. The molecule has 0 saturated carbocycles. The van der Waals surface area contributed by atoms with Crippen LogP contribution in [0.2, 0.25) is 0 Å². The van der Waals surface area contributed by atoms with E-state index >= 15 is 0 Å². The third kappa shape index (κ3) is 12.9. The van der Waals surface area contributed by atoms with Crippen molar-refractivity contribution in [2.45, 2.75) is 102 Å². The van der Waals surface area contributed by atoms with E-state index in [0.29, 0.717) is 19.3 Å². The van der Waals surface area contributed by atoms with Crippen LogP contribution >= 0.6 is 38.4 Å². The third-order valence-corrected chi connectivity index (χ3v) is 11.3. The van der Waals surface area contributed by atoms with Crippen LogP contribution in [-0.2, 0) is 22.7 Å². The minimum absolute atomic E-state index is 0. The molecular weight excluding hydrogens is 480 g/mol. The van der Waals surface area contributed by atoms with Gasteiger partial charge in [-0.2, -0.15) is 0 Å². The Morgan fingerprint density at radius 2 is 1.00 bits per heavy atom. The van der Waals surface area contributed by atoms with Crippen molar-refractivity contribution >= 4 is 38.4 Å². The van der Waals surface area contributed by atoms with Gasteiger partial charge < -0.3 is 23.0 Å². The number of halogens is 2. The molecule has 0 aromatic heterocycles. The van der Waals surface area contributed by atoms with Crippen LogP contribution in [0, 0.1) is 0 Å². The fraction of sp³-hybridized carbons (Fsp3) is 1.00. The molecule has 0 rings (SSSR count). The topological polar surface area (TPSA) is 84.9 Å². The van der Waals surface area contributed by atoms with E-state index in [1.165, 1.54) is 0 Å². The predicted molar refractivity (Wildman–Crippen MR) is 120 cm³/mol. The van der Waals surface area contributed by atoms with Crippen LogP contribution in [-0.4, -0.2) is 23.6 Å².